The van der Waals surface area contributed by atoms with Crippen LogP contribution < -0.4 is 5.32 Å². The molecule has 2 rings (SSSR count). The van der Waals surface area contributed by atoms with Crippen molar-refractivity contribution in [3.63, 3.8) is 0 Å². The first-order valence-electron chi connectivity index (χ1n) is 6.10. The van der Waals surface area contributed by atoms with Gasteiger partial charge in [-0.05, 0) is 36.6 Å². The molecule has 2 unspecified atom stereocenters. The monoisotopic (exact) mass is 223 g/mol. The van der Waals surface area contributed by atoms with Crippen molar-refractivity contribution in [3.8, 4) is 0 Å². The molecule has 1 saturated carbocycles. The van der Waals surface area contributed by atoms with Crippen molar-refractivity contribution >= 4 is 11.3 Å². The molecule has 0 saturated heterocycles. The fourth-order valence-electron chi connectivity index (χ4n) is 2.35. The highest BCUT2D eigenvalue weighted by Crippen LogP contribution is 2.23. The molecule has 0 amide bonds. The van der Waals surface area contributed by atoms with Crippen LogP contribution in [-0.4, -0.2) is 6.04 Å². The number of thiophene rings is 1. The number of hydrogen-bond acceptors (Lipinski definition) is 2. The second-order valence-electron chi connectivity index (χ2n) is 4.77. The Kier molecular flexibility index (Phi) is 4.21. The van der Waals surface area contributed by atoms with E-state index in [0.29, 0.717) is 0 Å². The van der Waals surface area contributed by atoms with E-state index < -0.39 is 0 Å². The minimum absolute atomic E-state index is 0.761. The van der Waals surface area contributed by atoms with Crippen molar-refractivity contribution in [1.82, 2.24) is 5.32 Å². The molecule has 1 nitrogen and oxygen atoms in total. The summed E-state index contributed by atoms with van der Waals surface area (Å²) < 4.78 is 0. The second-order valence-corrected chi connectivity index (χ2v) is 5.80. The van der Waals surface area contributed by atoms with Crippen LogP contribution in [0.15, 0.2) is 17.5 Å². The van der Waals surface area contributed by atoms with Crippen LogP contribution in [0.1, 0.15) is 43.9 Å². The average molecular weight is 223 g/mol. The molecule has 0 aliphatic heterocycles. The van der Waals surface area contributed by atoms with Gasteiger partial charge in [-0.3, -0.25) is 0 Å². The largest absolute Gasteiger partial charge is 0.309 e. The standard InChI is InChI=1S/C13H21NS/c1-11-4-2-5-12(8-7-11)14-10-13-6-3-9-15-13/h3,6,9,11-12,14H,2,4-5,7-8,10H2,1H3. The van der Waals surface area contributed by atoms with E-state index in [2.05, 4.69) is 29.8 Å². The molecule has 0 radical (unpaired) electrons. The highest BCUT2D eigenvalue weighted by atomic mass is 32.1. The molecule has 1 fully saturated rings. The van der Waals surface area contributed by atoms with Gasteiger partial charge in [-0.1, -0.05) is 25.8 Å². The zero-order chi connectivity index (χ0) is 10.5. The predicted octanol–water partition coefficient (Wildman–Crippen LogP) is 3.81. The van der Waals surface area contributed by atoms with Gasteiger partial charge in [0.15, 0.2) is 0 Å². The van der Waals surface area contributed by atoms with Gasteiger partial charge in [-0.2, -0.15) is 0 Å². The van der Waals surface area contributed by atoms with E-state index in [1.165, 1.54) is 37.0 Å². The van der Waals surface area contributed by atoms with Crippen LogP contribution in [0.25, 0.3) is 0 Å². The fourth-order valence-corrected chi connectivity index (χ4v) is 3.01. The topological polar surface area (TPSA) is 12.0 Å². The minimum Gasteiger partial charge on any atom is -0.309 e. The molecule has 2 heteroatoms. The summed E-state index contributed by atoms with van der Waals surface area (Å²) in [5.74, 6) is 0.943. The van der Waals surface area contributed by atoms with Crippen LogP contribution in [0.3, 0.4) is 0 Å². The van der Waals surface area contributed by atoms with Gasteiger partial charge < -0.3 is 5.32 Å². The third-order valence-electron chi connectivity index (χ3n) is 3.40. The maximum Gasteiger partial charge on any atom is 0.0302 e. The van der Waals surface area contributed by atoms with E-state index in [4.69, 9.17) is 0 Å². The summed E-state index contributed by atoms with van der Waals surface area (Å²) in [7, 11) is 0. The maximum atomic E-state index is 3.69. The van der Waals surface area contributed by atoms with E-state index in [9.17, 15) is 0 Å². The second kappa shape index (κ2) is 5.66. The summed E-state index contributed by atoms with van der Waals surface area (Å²) in [6, 6.07) is 5.12. The van der Waals surface area contributed by atoms with Gasteiger partial charge in [0.25, 0.3) is 0 Å². The zero-order valence-corrected chi connectivity index (χ0v) is 10.4. The summed E-state index contributed by atoms with van der Waals surface area (Å²) in [4.78, 5) is 1.47. The van der Waals surface area contributed by atoms with Crippen molar-refractivity contribution in [3.05, 3.63) is 22.4 Å². The van der Waals surface area contributed by atoms with E-state index in [1.54, 1.807) is 0 Å². The first-order chi connectivity index (χ1) is 7.34. The zero-order valence-electron chi connectivity index (χ0n) is 9.54. The van der Waals surface area contributed by atoms with Gasteiger partial charge in [-0.15, -0.1) is 11.3 Å². The molecular formula is C13H21NS. The fraction of sp³-hybridized carbons (Fsp3) is 0.692. The first kappa shape index (κ1) is 11.2. The van der Waals surface area contributed by atoms with E-state index in [-0.39, 0.29) is 0 Å². The Bertz CT molecular complexity index is 268. The van der Waals surface area contributed by atoms with Crippen LogP contribution >= 0.6 is 11.3 Å². The SMILES string of the molecule is CC1CCCC(NCc2cccs2)CC1. The summed E-state index contributed by atoms with van der Waals surface area (Å²) in [5, 5.41) is 5.85. The summed E-state index contributed by atoms with van der Waals surface area (Å²) in [6.45, 7) is 3.46. The van der Waals surface area contributed by atoms with E-state index in [1.807, 2.05) is 11.3 Å². The Labute approximate surface area is 96.9 Å². The van der Waals surface area contributed by atoms with Gasteiger partial charge in [0.05, 0.1) is 0 Å². The highest BCUT2D eigenvalue weighted by molar-refractivity contribution is 7.09. The Morgan fingerprint density at radius 2 is 2.27 bits per heavy atom. The molecule has 2 atom stereocenters. The number of hydrogen-bond donors (Lipinski definition) is 1. The van der Waals surface area contributed by atoms with Crippen LogP contribution in [0, 0.1) is 5.92 Å². The van der Waals surface area contributed by atoms with E-state index >= 15 is 0 Å². The van der Waals surface area contributed by atoms with Crippen molar-refractivity contribution in [1.29, 1.82) is 0 Å². The molecule has 15 heavy (non-hydrogen) atoms. The molecule has 0 bridgehead atoms. The molecule has 1 N–H and O–H groups in total. The molecule has 0 aromatic carbocycles. The van der Waals surface area contributed by atoms with Crippen LogP contribution in [0.4, 0.5) is 0 Å². The van der Waals surface area contributed by atoms with E-state index in [0.717, 1.165) is 18.5 Å². The van der Waals surface area contributed by atoms with Gasteiger partial charge in [0, 0.05) is 17.5 Å². The predicted molar refractivity (Wildman–Crippen MR) is 67.2 cm³/mol. The summed E-state index contributed by atoms with van der Waals surface area (Å²) in [5.41, 5.74) is 0. The number of nitrogens with one attached hydrogen (secondary N) is 1. The highest BCUT2D eigenvalue weighted by Gasteiger charge is 2.15. The third kappa shape index (κ3) is 3.62. The molecule has 84 valence electrons. The Morgan fingerprint density at radius 3 is 3.07 bits per heavy atom. The van der Waals surface area contributed by atoms with Crippen LogP contribution in [-0.2, 0) is 6.54 Å². The summed E-state index contributed by atoms with van der Waals surface area (Å²) >= 11 is 1.85. The lowest BCUT2D eigenvalue weighted by molar-refractivity contribution is 0.449. The van der Waals surface area contributed by atoms with Gasteiger partial charge >= 0.3 is 0 Å². The lowest BCUT2D eigenvalue weighted by Gasteiger charge is -2.15. The molecule has 0 spiro atoms. The van der Waals surface area contributed by atoms with Crippen LogP contribution in [0.5, 0.6) is 0 Å². The Balaban J connectivity index is 1.74. The molecule has 1 heterocycles. The van der Waals surface area contributed by atoms with Crippen molar-refractivity contribution < 1.29 is 0 Å². The third-order valence-corrected chi connectivity index (χ3v) is 4.28. The molecular weight excluding hydrogens is 202 g/mol. The summed E-state index contributed by atoms with van der Waals surface area (Å²) in [6.07, 6.45) is 6.98. The quantitative estimate of drug-likeness (QED) is 0.768. The van der Waals surface area contributed by atoms with Crippen LogP contribution in [0.2, 0.25) is 0 Å². The average Bonchev–Trinajstić information content (AvgIpc) is 2.66. The van der Waals surface area contributed by atoms with Crippen molar-refractivity contribution in [2.24, 2.45) is 5.92 Å². The van der Waals surface area contributed by atoms with Gasteiger partial charge in [0.2, 0.25) is 0 Å². The maximum absolute atomic E-state index is 3.69. The smallest absolute Gasteiger partial charge is 0.0302 e. The lowest BCUT2D eigenvalue weighted by Crippen LogP contribution is -2.27. The van der Waals surface area contributed by atoms with Crippen molar-refractivity contribution in [2.75, 3.05) is 0 Å². The molecule has 1 aliphatic carbocycles. The Morgan fingerprint density at radius 1 is 1.33 bits per heavy atom. The lowest BCUT2D eigenvalue weighted by atomic mass is 10.0. The minimum atomic E-state index is 0.761. The Hall–Kier alpha value is -0.340. The van der Waals surface area contributed by atoms with Gasteiger partial charge in [0.1, 0.15) is 0 Å². The number of rotatable bonds is 3. The first-order valence-corrected chi connectivity index (χ1v) is 6.98. The normalized spacial score (nSPS) is 27.5. The molecule has 1 aliphatic rings. The molecule has 1 aromatic rings. The van der Waals surface area contributed by atoms with Gasteiger partial charge in [-0.25, -0.2) is 0 Å². The molecule has 1 aromatic heterocycles. The van der Waals surface area contributed by atoms with Crippen molar-refractivity contribution in [2.45, 2.75) is 51.6 Å².